The number of fused-ring (bicyclic) bond motifs is 2. The molecule has 3 heterocycles. The third kappa shape index (κ3) is 3.43. The summed E-state index contributed by atoms with van der Waals surface area (Å²) in [5.41, 5.74) is 2.46. The predicted octanol–water partition coefficient (Wildman–Crippen LogP) is -1.30. The quantitative estimate of drug-likeness (QED) is 0.178. The van der Waals surface area contributed by atoms with Crippen LogP contribution in [-0.4, -0.2) is 0 Å². The summed E-state index contributed by atoms with van der Waals surface area (Å²) in [7, 11) is 4.19. The Balaban J connectivity index is 0.00000105. The van der Waals surface area contributed by atoms with Gasteiger partial charge >= 0.3 is 10.0 Å². The molecule has 0 atom stereocenters. The van der Waals surface area contributed by atoms with Gasteiger partial charge in [0, 0.05) is 12.1 Å². The second-order valence-electron chi connectivity index (χ2n) is 6.03. The van der Waals surface area contributed by atoms with Crippen LogP contribution in [0.4, 0.5) is 0 Å². The highest BCUT2D eigenvalue weighted by Gasteiger charge is 2.25. The zero-order valence-electron chi connectivity index (χ0n) is 14.6. The van der Waals surface area contributed by atoms with Crippen LogP contribution in [0.15, 0.2) is 65.1 Å². The number of para-hydroxylation sites is 2. The molecule has 7 heteroatoms. The van der Waals surface area contributed by atoms with E-state index >= 15 is 0 Å². The molecule has 27 heavy (non-hydrogen) atoms. The van der Waals surface area contributed by atoms with Crippen molar-refractivity contribution in [3.05, 3.63) is 60.7 Å². The third-order valence-corrected chi connectivity index (χ3v) is 6.97. The fourth-order valence-electron chi connectivity index (χ4n) is 3.20. The van der Waals surface area contributed by atoms with Gasteiger partial charge in [-0.1, -0.05) is 46.9 Å². The second-order valence-corrected chi connectivity index (χ2v) is 8.09. The van der Waals surface area contributed by atoms with E-state index in [9.17, 15) is 0 Å². The minimum Gasteiger partial charge on any atom is -1.00 e. The van der Waals surface area contributed by atoms with Crippen molar-refractivity contribution < 1.29 is 61.5 Å². The highest BCUT2D eigenvalue weighted by molar-refractivity contribution is 7.21. The SMILES string of the molecule is C[n+]1c(-c2ccc(-c3sc4ccccc4[n+]3C)o2)sc2ccccc21.[I-].[I-]. The predicted molar refractivity (Wildman–Crippen MR) is 103 cm³/mol. The van der Waals surface area contributed by atoms with Crippen molar-refractivity contribution in [3.8, 4) is 21.5 Å². The van der Waals surface area contributed by atoms with Gasteiger partial charge in [-0.25, -0.2) is 0 Å². The average Bonchev–Trinajstić information content (AvgIpc) is 3.32. The standard InChI is InChI=1S/C20H16N2OS2.2HI/c1-21-13-7-3-5-9-17(13)24-19(21)15-11-12-16(23-15)20-22(2)14-8-4-6-10-18(14)25-20;;/h3-12H,1-2H3;2*1H/q+2;;/p-2. The van der Waals surface area contributed by atoms with E-state index in [1.54, 1.807) is 22.7 Å². The number of thiazole rings is 2. The van der Waals surface area contributed by atoms with E-state index in [2.05, 4.69) is 83.9 Å². The van der Waals surface area contributed by atoms with E-state index in [4.69, 9.17) is 4.42 Å². The molecular weight excluding hydrogens is 602 g/mol. The number of hydrogen-bond donors (Lipinski definition) is 0. The summed E-state index contributed by atoms with van der Waals surface area (Å²) in [4.78, 5) is 0. The molecular formula is C20H16I2N2OS2. The number of furan rings is 1. The molecule has 0 N–H and O–H groups in total. The summed E-state index contributed by atoms with van der Waals surface area (Å²) >= 11 is 3.52. The zero-order chi connectivity index (χ0) is 17.0. The molecule has 0 radical (unpaired) electrons. The Hall–Kier alpha value is -1.04. The lowest BCUT2D eigenvalue weighted by Crippen LogP contribution is -3.00. The number of aryl methyl sites for hydroxylation is 2. The first-order chi connectivity index (χ1) is 12.2. The Bertz CT molecular complexity index is 1140. The van der Waals surface area contributed by atoms with Gasteiger partial charge in [-0.2, -0.15) is 9.13 Å². The molecule has 0 saturated carbocycles. The lowest BCUT2D eigenvalue weighted by atomic mass is 10.3. The van der Waals surface area contributed by atoms with E-state index in [0.29, 0.717) is 0 Å². The molecule has 0 spiro atoms. The smallest absolute Gasteiger partial charge is 0.305 e. The molecule has 0 saturated heterocycles. The van der Waals surface area contributed by atoms with Crippen LogP contribution in [0.25, 0.3) is 42.0 Å². The van der Waals surface area contributed by atoms with Crippen molar-refractivity contribution in [1.29, 1.82) is 0 Å². The fourth-order valence-corrected chi connectivity index (χ4v) is 5.42. The van der Waals surface area contributed by atoms with Crippen molar-refractivity contribution in [3.63, 3.8) is 0 Å². The van der Waals surface area contributed by atoms with Crippen LogP contribution in [0, 0.1) is 0 Å². The molecule has 0 aliphatic carbocycles. The molecule has 5 rings (SSSR count). The Labute approximate surface area is 199 Å². The van der Waals surface area contributed by atoms with Gasteiger partial charge in [-0.3, -0.25) is 0 Å². The van der Waals surface area contributed by atoms with E-state index in [-0.39, 0.29) is 48.0 Å². The second kappa shape index (κ2) is 8.14. The van der Waals surface area contributed by atoms with E-state index in [0.717, 1.165) is 21.5 Å². The van der Waals surface area contributed by atoms with Crippen molar-refractivity contribution >= 4 is 43.1 Å². The Kier molecular flexibility index (Phi) is 6.24. The Morgan fingerprint density at radius 1 is 0.630 bits per heavy atom. The number of halogens is 2. The van der Waals surface area contributed by atoms with Crippen LogP contribution in [0.3, 0.4) is 0 Å². The van der Waals surface area contributed by atoms with Crippen LogP contribution >= 0.6 is 22.7 Å². The van der Waals surface area contributed by atoms with Crippen molar-refractivity contribution in [2.24, 2.45) is 14.1 Å². The van der Waals surface area contributed by atoms with Crippen molar-refractivity contribution in [2.45, 2.75) is 0 Å². The summed E-state index contributed by atoms with van der Waals surface area (Å²) < 4.78 is 13.2. The van der Waals surface area contributed by atoms with Crippen molar-refractivity contribution in [2.75, 3.05) is 0 Å². The highest BCUT2D eigenvalue weighted by atomic mass is 127. The van der Waals surface area contributed by atoms with Crippen molar-refractivity contribution in [1.82, 2.24) is 0 Å². The number of hydrogen-bond acceptors (Lipinski definition) is 3. The highest BCUT2D eigenvalue weighted by Crippen LogP contribution is 2.34. The molecule has 0 amide bonds. The minimum atomic E-state index is 0. The first-order valence-corrected chi connectivity index (χ1v) is 9.71. The maximum Gasteiger partial charge on any atom is 0.305 e. The van der Waals surface area contributed by atoms with Gasteiger partial charge < -0.3 is 52.4 Å². The lowest BCUT2D eigenvalue weighted by Gasteiger charge is -1.90. The zero-order valence-corrected chi connectivity index (χ0v) is 20.6. The van der Waals surface area contributed by atoms with Crippen LogP contribution in [0.2, 0.25) is 0 Å². The van der Waals surface area contributed by atoms with Crippen LogP contribution < -0.4 is 57.1 Å². The van der Waals surface area contributed by atoms with Gasteiger partial charge in [-0.05, 0) is 24.3 Å². The largest absolute Gasteiger partial charge is 1.00 e. The molecule has 2 aromatic carbocycles. The number of rotatable bonds is 2. The Morgan fingerprint density at radius 3 is 1.44 bits per heavy atom. The van der Waals surface area contributed by atoms with Gasteiger partial charge in [0.1, 0.15) is 23.5 Å². The van der Waals surface area contributed by atoms with E-state index < -0.39 is 0 Å². The maximum atomic E-state index is 6.26. The van der Waals surface area contributed by atoms with Gasteiger partial charge in [-0.15, -0.1) is 0 Å². The summed E-state index contributed by atoms with van der Waals surface area (Å²) in [6, 6.07) is 21.0. The molecule has 138 valence electrons. The van der Waals surface area contributed by atoms with Gasteiger partial charge in [0.05, 0.1) is 0 Å². The summed E-state index contributed by atoms with van der Waals surface area (Å²) in [6.45, 7) is 0. The molecule has 3 aromatic heterocycles. The van der Waals surface area contributed by atoms with Gasteiger partial charge in [0.15, 0.2) is 0 Å². The molecule has 0 unspecified atom stereocenters. The van der Waals surface area contributed by atoms with Crippen LogP contribution in [-0.2, 0) is 14.1 Å². The molecule has 0 fully saturated rings. The third-order valence-electron chi connectivity index (χ3n) is 4.50. The summed E-state index contributed by atoms with van der Waals surface area (Å²) in [5, 5.41) is 2.27. The fraction of sp³-hybridized carbons (Fsp3) is 0.100. The first kappa shape index (κ1) is 20.7. The summed E-state index contributed by atoms with van der Waals surface area (Å²) in [6.07, 6.45) is 0. The summed E-state index contributed by atoms with van der Waals surface area (Å²) in [5.74, 6) is 1.83. The maximum absolute atomic E-state index is 6.26. The first-order valence-electron chi connectivity index (χ1n) is 8.08. The monoisotopic (exact) mass is 618 g/mol. The minimum absolute atomic E-state index is 0. The van der Waals surface area contributed by atoms with E-state index in [1.807, 2.05) is 0 Å². The normalized spacial score (nSPS) is 10.7. The van der Waals surface area contributed by atoms with Crippen LogP contribution in [0.5, 0.6) is 0 Å². The number of aromatic nitrogens is 2. The molecule has 5 aromatic rings. The molecule has 0 bridgehead atoms. The molecule has 0 aliphatic heterocycles. The molecule has 3 nitrogen and oxygen atoms in total. The van der Waals surface area contributed by atoms with Gasteiger partial charge in [0.25, 0.3) is 0 Å². The van der Waals surface area contributed by atoms with Gasteiger partial charge in [0.2, 0.25) is 22.6 Å². The number of nitrogens with zero attached hydrogens (tertiary/aromatic N) is 2. The molecule has 0 aliphatic rings. The number of benzene rings is 2. The van der Waals surface area contributed by atoms with E-state index in [1.165, 1.54) is 20.4 Å². The van der Waals surface area contributed by atoms with Crippen LogP contribution in [0.1, 0.15) is 0 Å². The lowest BCUT2D eigenvalue weighted by molar-refractivity contribution is -0.630. The average molecular weight is 618 g/mol. The Morgan fingerprint density at radius 2 is 1.04 bits per heavy atom. The topological polar surface area (TPSA) is 20.9 Å².